The molecule has 1 amide bonds. The number of hydrogen-bond donors (Lipinski definition) is 2. The molecule has 6 heteroatoms. The third-order valence-corrected chi connectivity index (χ3v) is 3.87. The van der Waals surface area contributed by atoms with E-state index >= 15 is 0 Å². The zero-order valence-corrected chi connectivity index (χ0v) is 15.6. The number of hydrogen-bond acceptors (Lipinski definition) is 5. The maximum atomic E-state index is 11.9. The van der Waals surface area contributed by atoms with Crippen molar-refractivity contribution >= 4 is 22.6 Å². The Morgan fingerprint density at radius 2 is 1.96 bits per heavy atom. The molecule has 0 saturated carbocycles. The van der Waals surface area contributed by atoms with Gasteiger partial charge in [-0.1, -0.05) is 20.8 Å². The fourth-order valence-electron chi connectivity index (χ4n) is 2.56. The van der Waals surface area contributed by atoms with Gasteiger partial charge in [0.2, 0.25) is 0 Å². The van der Waals surface area contributed by atoms with Crippen molar-refractivity contribution in [3.63, 3.8) is 0 Å². The van der Waals surface area contributed by atoms with Gasteiger partial charge in [-0.3, -0.25) is 4.79 Å². The Bertz CT molecular complexity index is 925. The summed E-state index contributed by atoms with van der Waals surface area (Å²) in [6, 6.07) is 9.34. The topological polar surface area (TPSA) is 80.0 Å². The highest BCUT2D eigenvalue weighted by Gasteiger charge is 2.14. The lowest BCUT2D eigenvalue weighted by molar-refractivity contribution is 0.0929. The number of amides is 1. The van der Waals surface area contributed by atoms with Crippen LogP contribution in [0.3, 0.4) is 0 Å². The molecule has 2 heterocycles. The van der Waals surface area contributed by atoms with Crippen molar-refractivity contribution in [1.29, 1.82) is 0 Å². The molecule has 136 valence electrons. The first-order valence-corrected chi connectivity index (χ1v) is 8.74. The first-order chi connectivity index (χ1) is 12.4. The molecule has 1 aromatic carbocycles. The average molecular weight is 352 g/mol. The zero-order chi connectivity index (χ0) is 18.7. The van der Waals surface area contributed by atoms with Crippen LogP contribution >= 0.6 is 0 Å². The lowest BCUT2D eigenvalue weighted by atomic mass is 9.97. The Labute approximate surface area is 153 Å². The van der Waals surface area contributed by atoms with Crippen LogP contribution in [0.15, 0.2) is 41.1 Å². The molecule has 0 unspecified atom stereocenters. The number of anilines is 1. The number of rotatable bonds is 5. The highest BCUT2D eigenvalue weighted by Crippen LogP contribution is 2.28. The van der Waals surface area contributed by atoms with Crippen LogP contribution in [0, 0.1) is 5.41 Å². The SMILES string of the molecule is CCNC(=O)c1ccc(-c2ccc3ncnc(NCC(C)(C)C)c3c2)o1. The van der Waals surface area contributed by atoms with Crippen LogP contribution in [0.4, 0.5) is 5.82 Å². The van der Waals surface area contributed by atoms with Gasteiger partial charge < -0.3 is 15.1 Å². The Kier molecular flexibility index (Phi) is 4.93. The maximum Gasteiger partial charge on any atom is 0.287 e. The molecule has 2 N–H and O–H groups in total. The Hall–Kier alpha value is -2.89. The number of nitrogens with one attached hydrogen (secondary N) is 2. The van der Waals surface area contributed by atoms with Gasteiger partial charge in [0, 0.05) is 24.0 Å². The zero-order valence-electron chi connectivity index (χ0n) is 15.6. The molecular formula is C20H24N4O2. The highest BCUT2D eigenvalue weighted by molar-refractivity contribution is 5.94. The lowest BCUT2D eigenvalue weighted by Gasteiger charge is -2.19. The maximum absolute atomic E-state index is 11.9. The number of nitrogens with zero attached hydrogens (tertiary/aromatic N) is 2. The molecule has 3 rings (SSSR count). The number of aromatic nitrogens is 2. The van der Waals surface area contributed by atoms with Crippen LogP contribution in [0.25, 0.3) is 22.2 Å². The second-order valence-corrected chi connectivity index (χ2v) is 7.39. The molecule has 3 aromatic rings. The van der Waals surface area contributed by atoms with Crippen molar-refractivity contribution in [2.45, 2.75) is 27.7 Å². The fraction of sp³-hybridized carbons (Fsp3) is 0.350. The van der Waals surface area contributed by atoms with E-state index in [0.717, 1.165) is 28.8 Å². The Morgan fingerprint density at radius 1 is 1.15 bits per heavy atom. The molecule has 0 spiro atoms. The van der Waals surface area contributed by atoms with E-state index in [1.165, 1.54) is 0 Å². The fourth-order valence-corrected chi connectivity index (χ4v) is 2.56. The minimum absolute atomic E-state index is 0.136. The number of carbonyl (C=O) groups is 1. The molecule has 0 aliphatic heterocycles. The summed E-state index contributed by atoms with van der Waals surface area (Å²) in [6.45, 7) is 9.73. The van der Waals surface area contributed by atoms with Gasteiger partial charge in [-0.25, -0.2) is 9.97 Å². The van der Waals surface area contributed by atoms with Gasteiger partial charge in [0.25, 0.3) is 5.91 Å². The van der Waals surface area contributed by atoms with E-state index in [9.17, 15) is 4.79 Å². The molecule has 0 saturated heterocycles. The van der Waals surface area contributed by atoms with E-state index in [0.29, 0.717) is 18.1 Å². The molecule has 0 aliphatic carbocycles. The summed E-state index contributed by atoms with van der Waals surface area (Å²) in [5.41, 5.74) is 1.87. The quantitative estimate of drug-likeness (QED) is 0.723. The summed E-state index contributed by atoms with van der Waals surface area (Å²) >= 11 is 0. The van der Waals surface area contributed by atoms with Crippen LogP contribution in [0.1, 0.15) is 38.2 Å². The molecular weight excluding hydrogens is 328 g/mol. The summed E-state index contributed by atoms with van der Waals surface area (Å²) in [6.07, 6.45) is 1.56. The Balaban J connectivity index is 1.94. The first-order valence-electron chi connectivity index (χ1n) is 8.74. The molecule has 0 bridgehead atoms. The van der Waals surface area contributed by atoms with Gasteiger partial charge in [-0.2, -0.15) is 0 Å². The van der Waals surface area contributed by atoms with E-state index in [-0.39, 0.29) is 11.3 Å². The summed E-state index contributed by atoms with van der Waals surface area (Å²) in [5, 5.41) is 7.06. The smallest absolute Gasteiger partial charge is 0.287 e. The first kappa shape index (κ1) is 17.9. The van der Waals surface area contributed by atoms with E-state index in [2.05, 4.69) is 41.4 Å². The Morgan fingerprint density at radius 3 is 2.69 bits per heavy atom. The van der Waals surface area contributed by atoms with Crippen molar-refractivity contribution in [3.05, 3.63) is 42.4 Å². The molecule has 26 heavy (non-hydrogen) atoms. The van der Waals surface area contributed by atoms with E-state index in [1.807, 2.05) is 25.1 Å². The van der Waals surface area contributed by atoms with Gasteiger partial charge >= 0.3 is 0 Å². The van der Waals surface area contributed by atoms with Crippen LogP contribution in [-0.4, -0.2) is 29.0 Å². The van der Waals surface area contributed by atoms with Crippen LogP contribution in [0.2, 0.25) is 0 Å². The van der Waals surface area contributed by atoms with Gasteiger partial charge in [0.05, 0.1) is 5.52 Å². The molecule has 0 atom stereocenters. The van der Waals surface area contributed by atoms with Crippen molar-refractivity contribution in [2.75, 3.05) is 18.4 Å². The number of furan rings is 1. The van der Waals surface area contributed by atoms with E-state index in [4.69, 9.17) is 4.42 Å². The number of carbonyl (C=O) groups excluding carboxylic acids is 1. The van der Waals surface area contributed by atoms with Crippen LogP contribution in [-0.2, 0) is 0 Å². The van der Waals surface area contributed by atoms with Crippen LogP contribution < -0.4 is 10.6 Å². The van der Waals surface area contributed by atoms with Gasteiger partial charge in [-0.05, 0) is 42.7 Å². The summed E-state index contributed by atoms with van der Waals surface area (Å²) in [4.78, 5) is 20.6. The van der Waals surface area contributed by atoms with Crippen molar-refractivity contribution < 1.29 is 9.21 Å². The average Bonchev–Trinajstić information content (AvgIpc) is 3.09. The summed E-state index contributed by atoms with van der Waals surface area (Å²) in [7, 11) is 0. The molecule has 0 radical (unpaired) electrons. The standard InChI is InChI=1S/C20H24N4O2/c1-5-21-19(25)17-9-8-16(26-17)13-6-7-15-14(10-13)18(24-12-23-15)22-11-20(2,3)4/h6-10,12H,5,11H2,1-4H3,(H,21,25)(H,22,23,24). The lowest BCUT2D eigenvalue weighted by Crippen LogP contribution is -2.21. The summed E-state index contributed by atoms with van der Waals surface area (Å²) in [5.74, 6) is 1.52. The molecule has 0 fully saturated rings. The highest BCUT2D eigenvalue weighted by atomic mass is 16.3. The van der Waals surface area contributed by atoms with Gasteiger partial charge in [0.1, 0.15) is 17.9 Å². The normalized spacial score (nSPS) is 11.5. The van der Waals surface area contributed by atoms with Gasteiger partial charge in [-0.15, -0.1) is 0 Å². The van der Waals surface area contributed by atoms with Crippen molar-refractivity contribution in [3.8, 4) is 11.3 Å². The predicted octanol–water partition coefficient (Wildman–Crippen LogP) is 4.10. The minimum atomic E-state index is -0.213. The second-order valence-electron chi connectivity index (χ2n) is 7.39. The number of fused-ring (bicyclic) bond motifs is 1. The monoisotopic (exact) mass is 352 g/mol. The van der Waals surface area contributed by atoms with Crippen molar-refractivity contribution in [2.24, 2.45) is 5.41 Å². The molecule has 6 nitrogen and oxygen atoms in total. The van der Waals surface area contributed by atoms with E-state index < -0.39 is 0 Å². The van der Waals surface area contributed by atoms with Crippen molar-refractivity contribution in [1.82, 2.24) is 15.3 Å². The second kappa shape index (κ2) is 7.15. The van der Waals surface area contributed by atoms with Crippen LogP contribution in [0.5, 0.6) is 0 Å². The van der Waals surface area contributed by atoms with E-state index in [1.54, 1.807) is 18.5 Å². The summed E-state index contributed by atoms with van der Waals surface area (Å²) < 4.78 is 5.71. The van der Waals surface area contributed by atoms with Gasteiger partial charge in [0.15, 0.2) is 5.76 Å². The minimum Gasteiger partial charge on any atom is -0.451 e. The predicted molar refractivity (Wildman–Crippen MR) is 103 cm³/mol. The molecule has 2 aromatic heterocycles. The third-order valence-electron chi connectivity index (χ3n) is 3.87. The third kappa shape index (κ3) is 4.02. The molecule has 0 aliphatic rings. The largest absolute Gasteiger partial charge is 0.451 e. The number of benzene rings is 1.